The highest BCUT2D eigenvalue weighted by Crippen LogP contribution is 2.24. The third-order valence-electron chi connectivity index (χ3n) is 2.67. The van der Waals surface area contributed by atoms with Crippen molar-refractivity contribution in [2.24, 2.45) is 0 Å². The second kappa shape index (κ2) is 5.06. The Morgan fingerprint density at radius 1 is 1.16 bits per heavy atom. The van der Waals surface area contributed by atoms with Gasteiger partial charge in [0.05, 0.1) is 18.4 Å². The predicted molar refractivity (Wildman–Crippen MR) is 67.2 cm³/mol. The summed E-state index contributed by atoms with van der Waals surface area (Å²) in [7, 11) is 1.41. The Hall–Kier alpha value is -2.43. The highest BCUT2D eigenvalue weighted by molar-refractivity contribution is 6.09. The molecule has 0 saturated heterocycles. The SMILES string of the molecule is COc1cc(C(=O)c2cc(F)ccc2F)ccc1N. The van der Waals surface area contributed by atoms with Crippen LogP contribution in [-0.4, -0.2) is 12.9 Å². The number of rotatable bonds is 3. The zero-order valence-corrected chi connectivity index (χ0v) is 10.1. The fourth-order valence-electron chi connectivity index (χ4n) is 1.68. The monoisotopic (exact) mass is 263 g/mol. The molecule has 0 atom stereocenters. The van der Waals surface area contributed by atoms with E-state index in [0.717, 1.165) is 18.2 Å². The van der Waals surface area contributed by atoms with Crippen LogP contribution in [-0.2, 0) is 0 Å². The lowest BCUT2D eigenvalue weighted by Crippen LogP contribution is -2.06. The standard InChI is InChI=1S/C14H11F2NO2/c1-19-13-6-8(2-5-12(13)17)14(18)10-7-9(15)3-4-11(10)16/h2-7H,17H2,1H3. The van der Waals surface area contributed by atoms with Gasteiger partial charge in [0.25, 0.3) is 0 Å². The van der Waals surface area contributed by atoms with E-state index in [1.54, 1.807) is 0 Å². The minimum atomic E-state index is -0.776. The Balaban J connectivity index is 2.47. The zero-order chi connectivity index (χ0) is 14.0. The molecule has 0 aliphatic carbocycles. The van der Waals surface area contributed by atoms with Gasteiger partial charge in [-0.15, -0.1) is 0 Å². The Morgan fingerprint density at radius 3 is 2.58 bits per heavy atom. The summed E-state index contributed by atoms with van der Waals surface area (Å²) in [5.74, 6) is -1.77. The summed E-state index contributed by atoms with van der Waals surface area (Å²) < 4.78 is 31.6. The van der Waals surface area contributed by atoms with Gasteiger partial charge in [-0.05, 0) is 36.4 Å². The molecule has 2 N–H and O–H groups in total. The fourth-order valence-corrected chi connectivity index (χ4v) is 1.68. The zero-order valence-electron chi connectivity index (χ0n) is 10.1. The maximum atomic E-state index is 13.5. The van der Waals surface area contributed by atoms with Gasteiger partial charge in [-0.1, -0.05) is 0 Å². The third-order valence-corrected chi connectivity index (χ3v) is 2.67. The molecule has 2 aromatic rings. The molecule has 0 heterocycles. The van der Waals surface area contributed by atoms with E-state index in [4.69, 9.17) is 10.5 Å². The Morgan fingerprint density at radius 2 is 1.89 bits per heavy atom. The minimum Gasteiger partial charge on any atom is -0.495 e. The summed E-state index contributed by atoms with van der Waals surface area (Å²) in [4.78, 5) is 12.1. The van der Waals surface area contributed by atoms with Crippen molar-refractivity contribution >= 4 is 11.5 Å². The van der Waals surface area contributed by atoms with Gasteiger partial charge in [-0.2, -0.15) is 0 Å². The van der Waals surface area contributed by atoms with Gasteiger partial charge in [-0.3, -0.25) is 4.79 Å². The van der Waals surface area contributed by atoms with Crippen LogP contribution in [0.15, 0.2) is 36.4 Å². The number of anilines is 1. The summed E-state index contributed by atoms with van der Waals surface area (Å²) in [5, 5.41) is 0. The average molecular weight is 263 g/mol. The minimum absolute atomic E-state index is 0.176. The number of hydrogen-bond donors (Lipinski definition) is 1. The van der Waals surface area contributed by atoms with Crippen LogP contribution in [0, 0.1) is 11.6 Å². The van der Waals surface area contributed by atoms with E-state index in [0.29, 0.717) is 11.4 Å². The largest absolute Gasteiger partial charge is 0.495 e. The molecule has 0 aromatic heterocycles. The van der Waals surface area contributed by atoms with Crippen molar-refractivity contribution in [3.8, 4) is 5.75 Å². The van der Waals surface area contributed by atoms with Crippen LogP contribution in [0.25, 0.3) is 0 Å². The average Bonchev–Trinajstić information content (AvgIpc) is 2.41. The smallest absolute Gasteiger partial charge is 0.196 e. The Bertz CT molecular complexity index is 641. The summed E-state index contributed by atoms with van der Waals surface area (Å²) in [6.45, 7) is 0. The van der Waals surface area contributed by atoms with E-state index < -0.39 is 17.4 Å². The molecular formula is C14H11F2NO2. The number of nitrogens with two attached hydrogens (primary N) is 1. The van der Waals surface area contributed by atoms with E-state index in [1.807, 2.05) is 0 Å². The van der Waals surface area contributed by atoms with E-state index in [1.165, 1.54) is 25.3 Å². The Kier molecular flexibility index (Phi) is 3.46. The third kappa shape index (κ3) is 2.54. The molecule has 0 saturated carbocycles. The first-order chi connectivity index (χ1) is 9.02. The van der Waals surface area contributed by atoms with Gasteiger partial charge in [0.1, 0.15) is 17.4 Å². The van der Waals surface area contributed by atoms with Gasteiger partial charge in [-0.25, -0.2) is 8.78 Å². The molecule has 0 amide bonds. The number of nitrogen functional groups attached to an aromatic ring is 1. The van der Waals surface area contributed by atoms with Gasteiger partial charge in [0.15, 0.2) is 5.78 Å². The van der Waals surface area contributed by atoms with Gasteiger partial charge >= 0.3 is 0 Å². The molecule has 0 aliphatic heterocycles. The molecular weight excluding hydrogens is 252 g/mol. The number of benzene rings is 2. The van der Waals surface area contributed by atoms with Gasteiger partial charge < -0.3 is 10.5 Å². The van der Waals surface area contributed by atoms with E-state index in [-0.39, 0.29) is 11.1 Å². The quantitative estimate of drug-likeness (QED) is 0.684. The number of carbonyl (C=O) groups is 1. The second-order valence-corrected chi connectivity index (χ2v) is 3.91. The lowest BCUT2D eigenvalue weighted by molar-refractivity contribution is 0.103. The van der Waals surface area contributed by atoms with Crippen molar-refractivity contribution in [3.05, 3.63) is 59.2 Å². The van der Waals surface area contributed by atoms with Crippen LogP contribution >= 0.6 is 0 Å². The number of ether oxygens (including phenoxy) is 1. The van der Waals surface area contributed by atoms with Crippen molar-refractivity contribution in [2.45, 2.75) is 0 Å². The van der Waals surface area contributed by atoms with Crippen molar-refractivity contribution in [2.75, 3.05) is 12.8 Å². The van der Waals surface area contributed by atoms with Crippen LogP contribution in [0.2, 0.25) is 0 Å². The molecule has 0 radical (unpaired) electrons. The van der Waals surface area contributed by atoms with Crippen molar-refractivity contribution < 1.29 is 18.3 Å². The summed E-state index contributed by atoms with van der Waals surface area (Å²) in [6.07, 6.45) is 0. The number of ketones is 1. The number of carbonyl (C=O) groups excluding carboxylic acids is 1. The predicted octanol–water partition coefficient (Wildman–Crippen LogP) is 2.79. The van der Waals surface area contributed by atoms with Crippen LogP contribution in [0.1, 0.15) is 15.9 Å². The first kappa shape index (κ1) is 13.0. The van der Waals surface area contributed by atoms with Crippen LogP contribution in [0.5, 0.6) is 5.75 Å². The lowest BCUT2D eigenvalue weighted by atomic mass is 10.0. The molecule has 2 aromatic carbocycles. The first-order valence-corrected chi connectivity index (χ1v) is 5.46. The normalized spacial score (nSPS) is 10.3. The van der Waals surface area contributed by atoms with Crippen LogP contribution < -0.4 is 10.5 Å². The lowest BCUT2D eigenvalue weighted by Gasteiger charge is -2.07. The molecule has 98 valence electrons. The molecule has 0 fully saturated rings. The number of hydrogen-bond acceptors (Lipinski definition) is 3. The number of methoxy groups -OCH3 is 1. The molecule has 0 spiro atoms. The maximum Gasteiger partial charge on any atom is 0.196 e. The van der Waals surface area contributed by atoms with Gasteiger partial charge in [0.2, 0.25) is 0 Å². The molecule has 5 heteroatoms. The molecule has 19 heavy (non-hydrogen) atoms. The van der Waals surface area contributed by atoms with Gasteiger partial charge in [0, 0.05) is 5.56 Å². The Labute approximate surface area is 108 Å². The topological polar surface area (TPSA) is 52.3 Å². The second-order valence-electron chi connectivity index (χ2n) is 3.91. The fraction of sp³-hybridized carbons (Fsp3) is 0.0714. The maximum absolute atomic E-state index is 13.5. The summed E-state index contributed by atoms with van der Waals surface area (Å²) in [5.41, 5.74) is 5.83. The van der Waals surface area contributed by atoms with Crippen molar-refractivity contribution in [1.82, 2.24) is 0 Å². The van der Waals surface area contributed by atoms with Crippen LogP contribution in [0.4, 0.5) is 14.5 Å². The van der Waals surface area contributed by atoms with Crippen LogP contribution in [0.3, 0.4) is 0 Å². The molecule has 0 bridgehead atoms. The van der Waals surface area contributed by atoms with E-state index >= 15 is 0 Å². The number of halogens is 2. The molecule has 3 nitrogen and oxygen atoms in total. The van der Waals surface area contributed by atoms with E-state index in [9.17, 15) is 13.6 Å². The van der Waals surface area contributed by atoms with E-state index in [2.05, 4.69) is 0 Å². The molecule has 2 rings (SSSR count). The highest BCUT2D eigenvalue weighted by atomic mass is 19.1. The first-order valence-electron chi connectivity index (χ1n) is 5.46. The molecule has 0 unspecified atom stereocenters. The van der Waals surface area contributed by atoms with Crippen molar-refractivity contribution in [1.29, 1.82) is 0 Å². The van der Waals surface area contributed by atoms with Crippen molar-refractivity contribution in [3.63, 3.8) is 0 Å². The summed E-state index contributed by atoms with van der Waals surface area (Å²) in [6, 6.07) is 7.03. The molecule has 0 aliphatic rings. The highest BCUT2D eigenvalue weighted by Gasteiger charge is 2.16. The summed E-state index contributed by atoms with van der Waals surface area (Å²) >= 11 is 0.